The number of hydrogen-bond donors (Lipinski definition) is 2. The fourth-order valence-corrected chi connectivity index (χ4v) is 3.14. The normalized spacial score (nSPS) is 13.1. The fourth-order valence-electron chi connectivity index (χ4n) is 2.96. The maximum Gasteiger partial charge on any atom is 0.258 e. The molecule has 0 radical (unpaired) electrons. The highest BCUT2D eigenvalue weighted by Crippen LogP contribution is 2.34. The van der Waals surface area contributed by atoms with E-state index >= 15 is 0 Å². The standard InChI is InChI=1S/C19H13ClN2O2/c1-10-5-6-11(9-15(10)20)21-16-8-7-14-17-12(16)3-2-4-13(17)18(23)22-19(14)24/h2-9,21H,1H3,(H,22,23,24). The van der Waals surface area contributed by atoms with Crippen LogP contribution in [-0.2, 0) is 0 Å². The molecular formula is C19H13ClN2O2. The minimum absolute atomic E-state index is 0.367. The van der Waals surface area contributed by atoms with Crippen molar-refractivity contribution >= 4 is 45.6 Å². The first-order valence-corrected chi connectivity index (χ1v) is 7.87. The highest BCUT2D eigenvalue weighted by Gasteiger charge is 2.25. The molecule has 0 aromatic heterocycles. The number of rotatable bonds is 2. The lowest BCUT2D eigenvalue weighted by atomic mass is 9.94. The second kappa shape index (κ2) is 5.35. The average molecular weight is 337 g/mol. The molecule has 0 fully saturated rings. The minimum Gasteiger partial charge on any atom is -0.355 e. The van der Waals surface area contributed by atoms with Gasteiger partial charge in [-0.25, -0.2) is 0 Å². The molecule has 0 aliphatic carbocycles. The molecule has 5 heteroatoms. The molecule has 1 heterocycles. The second-order valence-electron chi connectivity index (χ2n) is 5.76. The van der Waals surface area contributed by atoms with Crippen molar-refractivity contribution in [1.82, 2.24) is 5.32 Å². The zero-order valence-corrected chi connectivity index (χ0v) is 13.6. The van der Waals surface area contributed by atoms with Gasteiger partial charge in [-0.2, -0.15) is 0 Å². The summed E-state index contributed by atoms with van der Waals surface area (Å²) in [6.45, 7) is 1.94. The van der Waals surface area contributed by atoms with Gasteiger partial charge in [-0.05, 0) is 42.8 Å². The molecule has 0 unspecified atom stereocenters. The van der Waals surface area contributed by atoms with E-state index in [2.05, 4.69) is 10.6 Å². The predicted octanol–water partition coefficient (Wildman–Crippen LogP) is 4.43. The number of imide groups is 1. The van der Waals surface area contributed by atoms with Crippen LogP contribution in [-0.4, -0.2) is 11.8 Å². The van der Waals surface area contributed by atoms with Gasteiger partial charge in [-0.15, -0.1) is 0 Å². The molecule has 0 saturated carbocycles. The SMILES string of the molecule is Cc1ccc(Nc2ccc3c4c(cccc24)C(=O)NC3=O)cc1Cl. The maximum absolute atomic E-state index is 12.1. The Bertz CT molecular complexity index is 1010. The number of nitrogens with one attached hydrogen (secondary N) is 2. The quantitative estimate of drug-likeness (QED) is 0.681. The van der Waals surface area contributed by atoms with Gasteiger partial charge in [0.05, 0.1) is 0 Å². The number of amides is 2. The molecule has 4 nitrogen and oxygen atoms in total. The van der Waals surface area contributed by atoms with E-state index in [0.29, 0.717) is 21.5 Å². The van der Waals surface area contributed by atoms with Crippen LogP contribution in [0.5, 0.6) is 0 Å². The van der Waals surface area contributed by atoms with Gasteiger partial charge in [0.25, 0.3) is 11.8 Å². The highest BCUT2D eigenvalue weighted by molar-refractivity contribution is 6.31. The number of halogens is 1. The summed E-state index contributed by atoms with van der Waals surface area (Å²) in [5.74, 6) is -0.734. The summed E-state index contributed by atoms with van der Waals surface area (Å²) in [5, 5.41) is 7.86. The Morgan fingerprint density at radius 2 is 1.71 bits per heavy atom. The molecule has 0 atom stereocenters. The number of anilines is 2. The van der Waals surface area contributed by atoms with Crippen LogP contribution in [0.4, 0.5) is 11.4 Å². The Balaban J connectivity index is 1.89. The lowest BCUT2D eigenvalue weighted by Gasteiger charge is -2.19. The molecule has 3 aromatic carbocycles. The van der Waals surface area contributed by atoms with E-state index in [1.807, 2.05) is 43.3 Å². The molecule has 2 amide bonds. The lowest BCUT2D eigenvalue weighted by molar-refractivity contribution is 0.0845. The third kappa shape index (κ3) is 2.23. The maximum atomic E-state index is 12.1. The first-order chi connectivity index (χ1) is 11.5. The Hall–Kier alpha value is -2.85. The van der Waals surface area contributed by atoms with Crippen LogP contribution in [0.2, 0.25) is 5.02 Å². The predicted molar refractivity (Wildman–Crippen MR) is 95.2 cm³/mol. The van der Waals surface area contributed by atoms with E-state index in [1.165, 1.54) is 0 Å². The summed E-state index contributed by atoms with van der Waals surface area (Å²) in [7, 11) is 0. The third-order valence-electron chi connectivity index (χ3n) is 4.21. The highest BCUT2D eigenvalue weighted by atomic mass is 35.5. The first-order valence-electron chi connectivity index (χ1n) is 7.49. The van der Waals surface area contributed by atoms with E-state index in [1.54, 1.807) is 12.1 Å². The summed E-state index contributed by atoms with van der Waals surface area (Å²) in [6, 6.07) is 14.7. The van der Waals surface area contributed by atoms with E-state index < -0.39 is 0 Å². The Labute approximate surface area is 143 Å². The summed E-state index contributed by atoms with van der Waals surface area (Å²) in [4.78, 5) is 24.1. The van der Waals surface area contributed by atoms with Crippen LogP contribution in [0.3, 0.4) is 0 Å². The van der Waals surface area contributed by atoms with Crippen molar-refractivity contribution in [3.8, 4) is 0 Å². The minimum atomic E-state index is -0.367. The van der Waals surface area contributed by atoms with Crippen LogP contribution in [0.1, 0.15) is 26.3 Å². The lowest BCUT2D eigenvalue weighted by Crippen LogP contribution is -2.34. The van der Waals surface area contributed by atoms with Crippen molar-refractivity contribution < 1.29 is 9.59 Å². The second-order valence-corrected chi connectivity index (χ2v) is 6.17. The number of aryl methyl sites for hydroxylation is 1. The van der Waals surface area contributed by atoms with Crippen LogP contribution in [0, 0.1) is 6.92 Å². The largest absolute Gasteiger partial charge is 0.355 e. The van der Waals surface area contributed by atoms with Gasteiger partial charge in [0.1, 0.15) is 0 Å². The average Bonchev–Trinajstić information content (AvgIpc) is 2.57. The molecule has 24 heavy (non-hydrogen) atoms. The smallest absolute Gasteiger partial charge is 0.258 e. The summed E-state index contributed by atoms with van der Waals surface area (Å²) in [6.07, 6.45) is 0. The van der Waals surface area contributed by atoms with Crippen molar-refractivity contribution in [2.75, 3.05) is 5.32 Å². The van der Waals surface area contributed by atoms with Crippen molar-refractivity contribution in [1.29, 1.82) is 0 Å². The summed E-state index contributed by atoms with van der Waals surface area (Å²) < 4.78 is 0. The molecule has 2 N–H and O–H groups in total. The molecule has 3 aromatic rings. The van der Waals surface area contributed by atoms with E-state index in [9.17, 15) is 9.59 Å². The number of hydrogen-bond acceptors (Lipinski definition) is 3. The molecule has 0 saturated heterocycles. The van der Waals surface area contributed by atoms with E-state index in [4.69, 9.17) is 11.6 Å². The van der Waals surface area contributed by atoms with Gasteiger partial charge in [0.15, 0.2) is 0 Å². The van der Waals surface area contributed by atoms with Crippen LogP contribution in [0.25, 0.3) is 10.8 Å². The number of carbonyl (C=O) groups is 2. The first kappa shape index (κ1) is 14.7. The van der Waals surface area contributed by atoms with Crippen LogP contribution < -0.4 is 10.6 Å². The molecule has 0 bridgehead atoms. The fraction of sp³-hybridized carbons (Fsp3) is 0.0526. The zero-order valence-electron chi connectivity index (χ0n) is 12.8. The van der Waals surface area contributed by atoms with Gasteiger partial charge in [0.2, 0.25) is 0 Å². The molecule has 1 aliphatic heterocycles. The van der Waals surface area contributed by atoms with Crippen LogP contribution in [0.15, 0.2) is 48.5 Å². The third-order valence-corrected chi connectivity index (χ3v) is 4.61. The topological polar surface area (TPSA) is 58.2 Å². The molecule has 4 rings (SSSR count). The Kier molecular flexibility index (Phi) is 3.28. The Morgan fingerprint density at radius 1 is 0.958 bits per heavy atom. The van der Waals surface area contributed by atoms with Crippen LogP contribution >= 0.6 is 11.6 Å². The van der Waals surface area contributed by atoms with E-state index in [-0.39, 0.29) is 11.8 Å². The van der Waals surface area contributed by atoms with Crippen molar-refractivity contribution in [2.24, 2.45) is 0 Å². The number of benzene rings is 3. The monoisotopic (exact) mass is 336 g/mol. The van der Waals surface area contributed by atoms with Gasteiger partial charge < -0.3 is 5.32 Å². The molecule has 1 aliphatic rings. The van der Waals surface area contributed by atoms with E-state index in [0.717, 1.165) is 22.3 Å². The van der Waals surface area contributed by atoms with Gasteiger partial charge in [-0.3, -0.25) is 14.9 Å². The van der Waals surface area contributed by atoms with Crippen molar-refractivity contribution in [3.63, 3.8) is 0 Å². The summed E-state index contributed by atoms with van der Waals surface area (Å²) in [5.41, 5.74) is 3.68. The van der Waals surface area contributed by atoms with Gasteiger partial charge in [-0.1, -0.05) is 29.8 Å². The zero-order chi connectivity index (χ0) is 16.8. The Morgan fingerprint density at radius 3 is 2.46 bits per heavy atom. The van der Waals surface area contributed by atoms with Gasteiger partial charge in [0, 0.05) is 38.3 Å². The molecule has 118 valence electrons. The van der Waals surface area contributed by atoms with Crippen molar-refractivity contribution in [3.05, 3.63) is 70.2 Å². The summed E-state index contributed by atoms with van der Waals surface area (Å²) >= 11 is 6.18. The van der Waals surface area contributed by atoms with Gasteiger partial charge >= 0.3 is 0 Å². The molecular weight excluding hydrogens is 324 g/mol. The van der Waals surface area contributed by atoms with Crippen molar-refractivity contribution in [2.45, 2.75) is 6.92 Å². The number of carbonyl (C=O) groups excluding carboxylic acids is 2. The molecule has 0 spiro atoms.